The standard InChI is InChI=1S/C13H13ClO2/c14-10-3-1-2-9(6-10)7-13-5-4-11(8-13)16-12(13)15/h1-3,6,11H,4-5,7-8H2/t11-,13-/m1/s1. The molecule has 2 aliphatic rings. The number of carbonyl (C=O) groups excluding carboxylic acids is 1. The second-order valence-corrected chi connectivity index (χ2v) is 5.29. The van der Waals surface area contributed by atoms with Crippen molar-refractivity contribution < 1.29 is 9.53 Å². The van der Waals surface area contributed by atoms with E-state index in [0.29, 0.717) is 0 Å². The summed E-state index contributed by atoms with van der Waals surface area (Å²) in [6.07, 6.45) is 3.81. The highest BCUT2D eigenvalue weighted by molar-refractivity contribution is 6.30. The van der Waals surface area contributed by atoms with E-state index in [-0.39, 0.29) is 17.5 Å². The van der Waals surface area contributed by atoms with Crippen LogP contribution >= 0.6 is 11.6 Å². The lowest BCUT2D eigenvalue weighted by atomic mass is 9.81. The van der Waals surface area contributed by atoms with E-state index in [1.807, 2.05) is 24.3 Å². The number of halogens is 1. The molecule has 2 nitrogen and oxygen atoms in total. The molecule has 0 aromatic heterocycles. The third-order valence-electron chi connectivity index (χ3n) is 3.70. The average Bonchev–Trinajstić information content (AvgIpc) is 2.74. The van der Waals surface area contributed by atoms with Crippen molar-refractivity contribution in [2.45, 2.75) is 31.8 Å². The summed E-state index contributed by atoms with van der Waals surface area (Å²) >= 11 is 5.95. The van der Waals surface area contributed by atoms with Gasteiger partial charge >= 0.3 is 5.97 Å². The molecule has 0 N–H and O–H groups in total. The zero-order valence-electron chi connectivity index (χ0n) is 8.91. The molecular weight excluding hydrogens is 224 g/mol. The first kappa shape index (κ1) is 10.2. The number of rotatable bonds is 2. The predicted octanol–water partition coefficient (Wildman–Crippen LogP) is 2.98. The molecule has 1 aromatic rings. The Morgan fingerprint density at radius 1 is 1.50 bits per heavy atom. The Hall–Kier alpha value is -1.02. The molecule has 1 aliphatic heterocycles. The molecule has 1 saturated heterocycles. The monoisotopic (exact) mass is 236 g/mol. The Bertz CT molecular complexity index is 443. The van der Waals surface area contributed by atoms with E-state index in [4.69, 9.17) is 16.3 Å². The van der Waals surface area contributed by atoms with Crippen molar-refractivity contribution in [1.82, 2.24) is 0 Å². The fraction of sp³-hybridized carbons (Fsp3) is 0.462. The molecule has 84 valence electrons. The van der Waals surface area contributed by atoms with E-state index < -0.39 is 0 Å². The topological polar surface area (TPSA) is 26.3 Å². The second-order valence-electron chi connectivity index (χ2n) is 4.86. The molecule has 3 heteroatoms. The Morgan fingerprint density at radius 2 is 2.38 bits per heavy atom. The fourth-order valence-corrected chi connectivity index (χ4v) is 3.12. The Morgan fingerprint density at radius 3 is 3.00 bits per heavy atom. The van der Waals surface area contributed by atoms with Gasteiger partial charge < -0.3 is 4.74 Å². The first-order chi connectivity index (χ1) is 7.68. The van der Waals surface area contributed by atoms with Crippen molar-refractivity contribution in [1.29, 1.82) is 0 Å². The van der Waals surface area contributed by atoms with Gasteiger partial charge in [0, 0.05) is 11.4 Å². The Kier molecular flexibility index (Phi) is 2.21. The van der Waals surface area contributed by atoms with Gasteiger partial charge in [0.25, 0.3) is 0 Å². The number of hydrogen-bond donors (Lipinski definition) is 0. The van der Waals surface area contributed by atoms with E-state index in [0.717, 1.165) is 36.3 Å². The summed E-state index contributed by atoms with van der Waals surface area (Å²) in [5.41, 5.74) is 0.877. The highest BCUT2D eigenvalue weighted by Gasteiger charge is 2.53. The zero-order valence-corrected chi connectivity index (χ0v) is 9.67. The van der Waals surface area contributed by atoms with Crippen LogP contribution in [-0.4, -0.2) is 12.1 Å². The van der Waals surface area contributed by atoms with Crippen LogP contribution in [0.25, 0.3) is 0 Å². The highest BCUT2D eigenvalue weighted by atomic mass is 35.5. The Labute approximate surface area is 99.6 Å². The van der Waals surface area contributed by atoms with Crippen LogP contribution in [0.1, 0.15) is 24.8 Å². The second kappa shape index (κ2) is 3.49. The largest absolute Gasteiger partial charge is 0.462 e. The Balaban J connectivity index is 1.87. The number of ether oxygens (including phenoxy) is 1. The molecule has 16 heavy (non-hydrogen) atoms. The van der Waals surface area contributed by atoms with Gasteiger partial charge in [-0.3, -0.25) is 4.79 Å². The molecular formula is C13H13ClO2. The first-order valence-corrected chi connectivity index (χ1v) is 6.01. The maximum atomic E-state index is 11.8. The molecule has 2 atom stereocenters. The minimum Gasteiger partial charge on any atom is -0.462 e. The molecule has 1 saturated carbocycles. The summed E-state index contributed by atoms with van der Waals surface area (Å²) in [7, 11) is 0. The lowest BCUT2D eigenvalue weighted by Crippen LogP contribution is -2.29. The van der Waals surface area contributed by atoms with Crippen LogP contribution in [-0.2, 0) is 16.0 Å². The molecule has 3 rings (SSSR count). The van der Waals surface area contributed by atoms with Gasteiger partial charge in [-0.1, -0.05) is 23.7 Å². The minimum absolute atomic E-state index is 0.0104. The van der Waals surface area contributed by atoms with Gasteiger partial charge in [-0.05, 0) is 37.0 Å². The molecule has 2 fully saturated rings. The van der Waals surface area contributed by atoms with E-state index in [1.54, 1.807) is 0 Å². The van der Waals surface area contributed by atoms with Gasteiger partial charge in [-0.25, -0.2) is 0 Å². The molecule has 1 aromatic carbocycles. The van der Waals surface area contributed by atoms with Gasteiger partial charge in [0.2, 0.25) is 0 Å². The molecule has 2 bridgehead atoms. The van der Waals surface area contributed by atoms with Crippen molar-refractivity contribution >= 4 is 17.6 Å². The average molecular weight is 237 g/mol. The van der Waals surface area contributed by atoms with Crippen molar-refractivity contribution in [3.8, 4) is 0 Å². The number of benzene rings is 1. The summed E-state index contributed by atoms with van der Waals surface area (Å²) in [5, 5.41) is 0.731. The third-order valence-corrected chi connectivity index (χ3v) is 3.94. The van der Waals surface area contributed by atoms with E-state index >= 15 is 0 Å². The highest BCUT2D eigenvalue weighted by Crippen LogP contribution is 2.49. The lowest BCUT2D eigenvalue weighted by Gasteiger charge is -2.23. The summed E-state index contributed by atoms with van der Waals surface area (Å²) in [4.78, 5) is 11.8. The third kappa shape index (κ3) is 1.52. The fourth-order valence-electron chi connectivity index (χ4n) is 2.91. The maximum Gasteiger partial charge on any atom is 0.312 e. The van der Waals surface area contributed by atoms with Crippen LogP contribution in [0, 0.1) is 5.41 Å². The van der Waals surface area contributed by atoms with Crippen LogP contribution in [0.5, 0.6) is 0 Å². The molecule has 0 spiro atoms. The number of hydrogen-bond acceptors (Lipinski definition) is 2. The number of carbonyl (C=O) groups is 1. The van der Waals surface area contributed by atoms with Crippen LogP contribution < -0.4 is 0 Å². The van der Waals surface area contributed by atoms with Crippen LogP contribution in [0.3, 0.4) is 0 Å². The number of fused-ring (bicyclic) bond motifs is 2. The van der Waals surface area contributed by atoms with Crippen LogP contribution in [0.15, 0.2) is 24.3 Å². The summed E-state index contributed by atoms with van der Waals surface area (Å²) in [6, 6.07) is 7.75. The maximum absolute atomic E-state index is 11.8. The van der Waals surface area contributed by atoms with E-state index in [1.165, 1.54) is 0 Å². The van der Waals surface area contributed by atoms with Crippen molar-refractivity contribution in [3.63, 3.8) is 0 Å². The van der Waals surface area contributed by atoms with Gasteiger partial charge in [0.05, 0.1) is 5.41 Å². The number of esters is 1. The van der Waals surface area contributed by atoms with Crippen LogP contribution in [0.4, 0.5) is 0 Å². The molecule has 0 radical (unpaired) electrons. The van der Waals surface area contributed by atoms with Gasteiger partial charge in [-0.15, -0.1) is 0 Å². The molecule has 0 unspecified atom stereocenters. The smallest absolute Gasteiger partial charge is 0.312 e. The molecule has 1 heterocycles. The van der Waals surface area contributed by atoms with Crippen molar-refractivity contribution in [3.05, 3.63) is 34.9 Å². The van der Waals surface area contributed by atoms with Gasteiger partial charge in [-0.2, -0.15) is 0 Å². The summed E-state index contributed by atoms with van der Waals surface area (Å²) in [5.74, 6) is -0.0104. The predicted molar refractivity (Wildman–Crippen MR) is 61.3 cm³/mol. The van der Waals surface area contributed by atoms with Gasteiger partial charge in [0.1, 0.15) is 6.10 Å². The first-order valence-electron chi connectivity index (χ1n) is 5.64. The van der Waals surface area contributed by atoms with Crippen molar-refractivity contribution in [2.24, 2.45) is 5.41 Å². The van der Waals surface area contributed by atoms with Gasteiger partial charge in [0.15, 0.2) is 0 Å². The molecule has 0 amide bonds. The quantitative estimate of drug-likeness (QED) is 0.738. The van der Waals surface area contributed by atoms with Crippen LogP contribution in [0.2, 0.25) is 5.02 Å². The zero-order chi connectivity index (χ0) is 11.2. The molecule has 1 aliphatic carbocycles. The normalized spacial score (nSPS) is 31.8. The van der Waals surface area contributed by atoms with Crippen molar-refractivity contribution in [2.75, 3.05) is 0 Å². The van der Waals surface area contributed by atoms with E-state index in [9.17, 15) is 4.79 Å². The minimum atomic E-state index is -0.255. The summed E-state index contributed by atoms with van der Waals surface area (Å²) < 4.78 is 5.29. The lowest BCUT2D eigenvalue weighted by molar-refractivity contribution is -0.153. The SMILES string of the molecule is O=C1O[C@@H]2CC[C@@]1(Cc1cccc(Cl)c1)C2. The summed E-state index contributed by atoms with van der Waals surface area (Å²) in [6.45, 7) is 0. The van der Waals surface area contributed by atoms with E-state index in [2.05, 4.69) is 0 Å².